The van der Waals surface area contributed by atoms with Crippen molar-refractivity contribution in [3.8, 4) is 0 Å². The second-order valence-corrected chi connectivity index (χ2v) is 10.5. The van der Waals surface area contributed by atoms with Crippen LogP contribution in [-0.2, 0) is 19.4 Å². The minimum atomic E-state index is -0.813. The van der Waals surface area contributed by atoms with Crippen LogP contribution >= 0.6 is 0 Å². The van der Waals surface area contributed by atoms with E-state index in [2.05, 4.69) is 45.9 Å². The van der Waals surface area contributed by atoms with Crippen LogP contribution in [0.15, 0.2) is 0 Å². The molecular weight excluding hydrogens is 184 g/mol. The van der Waals surface area contributed by atoms with Gasteiger partial charge in [0.15, 0.2) is 0 Å². The molecule has 0 atom stereocenters. The summed E-state index contributed by atoms with van der Waals surface area (Å²) in [5.41, 5.74) is 0. The molecule has 0 aromatic carbocycles. The van der Waals surface area contributed by atoms with Gasteiger partial charge in [-0.2, -0.15) is 0 Å². The Bertz CT molecular complexity index is 80.6. The zero-order chi connectivity index (χ0) is 6.08. The Hall–Kier alpha value is 0.775. The molecule has 0 saturated heterocycles. The van der Waals surface area contributed by atoms with Gasteiger partial charge in [0.05, 0.1) is 0 Å². The van der Waals surface area contributed by atoms with E-state index in [1.54, 1.807) is 3.52 Å². The maximum atomic E-state index is 2.37. The zero-order valence-corrected chi connectivity index (χ0v) is 8.42. The van der Waals surface area contributed by atoms with Crippen LogP contribution in [0.5, 0.6) is 0 Å². The fourth-order valence-electron chi connectivity index (χ4n) is 0. The summed E-state index contributed by atoms with van der Waals surface area (Å²) in [6.45, 7) is 9.33. The molecule has 0 nitrogen and oxygen atoms in total. The van der Waals surface area contributed by atoms with Gasteiger partial charge in [-0.05, 0) is 0 Å². The van der Waals surface area contributed by atoms with Gasteiger partial charge in [0.25, 0.3) is 0 Å². The Balaban J connectivity index is 3.79. The zero-order valence-electron chi connectivity index (χ0n) is 5.41. The average molecular weight is 196 g/mol. The van der Waals surface area contributed by atoms with E-state index in [1.807, 2.05) is 0 Å². The number of hydrogen-bond donors (Lipinski definition) is 0. The van der Waals surface area contributed by atoms with E-state index in [4.69, 9.17) is 0 Å². The van der Waals surface area contributed by atoms with Crippen LogP contribution in [0.1, 0.15) is 6.92 Å². The molecule has 2 heteroatoms. The normalized spacial score (nSPS) is 11.4. The number of rotatable bonds is 1. The molecule has 0 aromatic rings. The molecule has 42 valence electrons. The standard InChI is InChI=1S/C5H12Si.Mo/c1-5-6(2,3)4;/h1-4H3;. The van der Waals surface area contributed by atoms with E-state index in [0.29, 0.717) is 0 Å². The second kappa shape index (κ2) is 2.36. The molecule has 0 N–H and O–H groups in total. The van der Waals surface area contributed by atoms with E-state index in [1.165, 1.54) is 0 Å². The summed E-state index contributed by atoms with van der Waals surface area (Å²) in [4.78, 5) is 0. The Morgan fingerprint density at radius 2 is 1.43 bits per heavy atom. The summed E-state index contributed by atoms with van der Waals surface area (Å²) in [5.74, 6) is 0. The van der Waals surface area contributed by atoms with Gasteiger partial charge in [-0.25, -0.2) is 0 Å². The van der Waals surface area contributed by atoms with Crippen LogP contribution < -0.4 is 0 Å². The predicted molar refractivity (Wildman–Crippen MR) is 34.0 cm³/mol. The van der Waals surface area contributed by atoms with Crippen molar-refractivity contribution in [1.82, 2.24) is 0 Å². The molecular formula is C5H12MoSi. The van der Waals surface area contributed by atoms with Gasteiger partial charge in [0.1, 0.15) is 0 Å². The van der Waals surface area contributed by atoms with Crippen LogP contribution in [-0.4, -0.2) is 11.6 Å². The Morgan fingerprint density at radius 1 is 1.29 bits per heavy atom. The van der Waals surface area contributed by atoms with Gasteiger partial charge in [-0.3, -0.25) is 0 Å². The Kier molecular flexibility index (Phi) is 2.63. The van der Waals surface area contributed by atoms with Gasteiger partial charge in [0.2, 0.25) is 0 Å². The van der Waals surface area contributed by atoms with Gasteiger partial charge in [-0.1, -0.05) is 0 Å². The first-order valence-electron chi connectivity index (χ1n) is 2.45. The quantitative estimate of drug-likeness (QED) is 0.559. The molecule has 0 amide bonds. The monoisotopic (exact) mass is 198 g/mol. The van der Waals surface area contributed by atoms with Gasteiger partial charge >= 0.3 is 57.5 Å². The summed E-state index contributed by atoms with van der Waals surface area (Å²) in [6, 6.07) is 0. The molecule has 0 heterocycles. The Labute approximate surface area is 57.7 Å². The van der Waals surface area contributed by atoms with Gasteiger partial charge in [-0.15, -0.1) is 0 Å². The third-order valence-electron chi connectivity index (χ3n) is 1.06. The average Bonchev–Trinajstić information content (AvgIpc) is 1.31. The van der Waals surface area contributed by atoms with E-state index in [9.17, 15) is 0 Å². The molecule has 0 unspecified atom stereocenters. The van der Waals surface area contributed by atoms with Crippen molar-refractivity contribution in [2.24, 2.45) is 0 Å². The summed E-state index contributed by atoms with van der Waals surface area (Å²) in [7, 11) is -0.813. The molecule has 0 aliphatic heterocycles. The molecule has 7 heavy (non-hydrogen) atoms. The van der Waals surface area contributed by atoms with Crippen LogP contribution in [0.2, 0.25) is 19.6 Å². The molecule has 0 spiro atoms. The summed E-state index contributed by atoms with van der Waals surface area (Å²) in [5, 5.41) is 0. The van der Waals surface area contributed by atoms with Crippen molar-refractivity contribution in [1.29, 1.82) is 0 Å². The van der Waals surface area contributed by atoms with E-state index in [-0.39, 0.29) is 0 Å². The van der Waals surface area contributed by atoms with Crippen LogP contribution in [0.3, 0.4) is 0 Å². The predicted octanol–water partition coefficient (Wildman–Crippen LogP) is 1.60. The van der Waals surface area contributed by atoms with Crippen LogP contribution in [0, 0.1) is 0 Å². The molecule has 0 aliphatic carbocycles. The van der Waals surface area contributed by atoms with Gasteiger partial charge in [0, 0.05) is 0 Å². The van der Waals surface area contributed by atoms with Crippen molar-refractivity contribution in [3.63, 3.8) is 0 Å². The first kappa shape index (κ1) is 7.78. The van der Waals surface area contributed by atoms with Crippen molar-refractivity contribution < 1.29 is 19.4 Å². The summed E-state index contributed by atoms with van der Waals surface area (Å²) in [6.07, 6.45) is 0. The molecule has 0 fully saturated rings. The van der Waals surface area contributed by atoms with E-state index >= 15 is 0 Å². The first-order valence-corrected chi connectivity index (χ1v) is 6.96. The fraction of sp³-hybridized carbons (Fsp3) is 0.800. The third-order valence-corrected chi connectivity index (χ3v) is 7.68. The molecule has 0 radical (unpaired) electrons. The van der Waals surface area contributed by atoms with Crippen molar-refractivity contribution in [2.75, 3.05) is 0 Å². The third kappa shape index (κ3) is 3.37. The first-order chi connectivity index (χ1) is 2.94. The van der Waals surface area contributed by atoms with Crippen molar-refractivity contribution >= 4 is 11.6 Å². The minimum absolute atomic E-state index is 0.813. The summed E-state index contributed by atoms with van der Waals surface area (Å²) >= 11 is 2.16. The van der Waals surface area contributed by atoms with Crippen molar-refractivity contribution in [2.45, 2.75) is 26.6 Å². The molecule has 0 aromatic heterocycles. The van der Waals surface area contributed by atoms with E-state index in [0.717, 1.165) is 0 Å². The second-order valence-electron chi connectivity index (χ2n) is 2.81. The topological polar surface area (TPSA) is 0 Å². The molecule has 0 saturated carbocycles. The van der Waals surface area contributed by atoms with Gasteiger partial charge < -0.3 is 0 Å². The van der Waals surface area contributed by atoms with Crippen molar-refractivity contribution in [3.05, 3.63) is 0 Å². The summed E-state index contributed by atoms with van der Waals surface area (Å²) < 4.78 is 1.64. The maximum absolute atomic E-state index is 2.37. The molecule has 0 aliphatic rings. The SMILES string of the molecule is C[C](=[Mo])[Si](C)(C)C. The Morgan fingerprint density at radius 3 is 1.43 bits per heavy atom. The van der Waals surface area contributed by atoms with Crippen LogP contribution in [0.25, 0.3) is 0 Å². The molecule has 0 rings (SSSR count). The molecule has 0 bridgehead atoms. The van der Waals surface area contributed by atoms with Crippen LogP contribution in [0.4, 0.5) is 0 Å². The fourth-order valence-corrected chi connectivity index (χ4v) is 0. The number of hydrogen-bond acceptors (Lipinski definition) is 0. The van der Waals surface area contributed by atoms with E-state index < -0.39 is 8.07 Å².